The molecule has 1 spiro atoms. The molecule has 0 aliphatic carbocycles. The van der Waals surface area contributed by atoms with E-state index in [0.717, 1.165) is 38.4 Å². The summed E-state index contributed by atoms with van der Waals surface area (Å²) >= 11 is 1.77. The zero-order chi connectivity index (χ0) is 16.7. The lowest BCUT2D eigenvalue weighted by atomic mass is 10.0. The second-order valence-electron chi connectivity index (χ2n) is 6.92. The van der Waals surface area contributed by atoms with Gasteiger partial charge in [-0.3, -0.25) is 9.88 Å². The first-order valence-electron chi connectivity index (χ1n) is 8.65. The minimum Gasteiger partial charge on any atom is -0.364 e. The third kappa shape index (κ3) is 2.80. The molecule has 128 valence electrons. The lowest BCUT2D eigenvalue weighted by molar-refractivity contribution is -0.0821. The zero-order valence-electron chi connectivity index (χ0n) is 14.0. The molecule has 2 aliphatic heterocycles. The summed E-state index contributed by atoms with van der Waals surface area (Å²) in [5.74, 6) is 1.04. The molecule has 1 saturated heterocycles. The average Bonchev–Trinajstić information content (AvgIpc) is 3.36. The lowest BCUT2D eigenvalue weighted by Gasteiger charge is -2.35. The third-order valence-electron chi connectivity index (χ3n) is 5.19. The Labute approximate surface area is 150 Å². The lowest BCUT2D eigenvalue weighted by Crippen LogP contribution is -2.44. The molecule has 0 radical (unpaired) electrons. The molecule has 0 N–H and O–H groups in total. The Hall–Kier alpha value is -2.02. The molecule has 1 fully saturated rings. The largest absolute Gasteiger partial charge is 0.364 e. The van der Waals surface area contributed by atoms with Gasteiger partial charge >= 0.3 is 0 Å². The van der Waals surface area contributed by atoms with E-state index in [1.165, 1.54) is 16.1 Å². The highest BCUT2D eigenvalue weighted by atomic mass is 32.1. The van der Waals surface area contributed by atoms with Crippen LogP contribution in [-0.2, 0) is 24.4 Å². The monoisotopic (exact) mass is 352 g/mol. The van der Waals surface area contributed by atoms with Crippen LogP contribution < -0.4 is 0 Å². The molecule has 1 atom stereocenters. The van der Waals surface area contributed by atoms with E-state index in [9.17, 15) is 0 Å². The highest BCUT2D eigenvalue weighted by molar-refractivity contribution is 7.13. The van der Waals surface area contributed by atoms with Gasteiger partial charge < -0.3 is 9.30 Å². The molecule has 0 bridgehead atoms. The molecule has 0 aromatic carbocycles. The van der Waals surface area contributed by atoms with Crippen LogP contribution in [0.1, 0.15) is 17.8 Å². The van der Waals surface area contributed by atoms with Gasteiger partial charge in [-0.15, -0.1) is 11.3 Å². The molecule has 25 heavy (non-hydrogen) atoms. The van der Waals surface area contributed by atoms with Gasteiger partial charge in [0.25, 0.3) is 0 Å². The number of hydrogen-bond donors (Lipinski definition) is 0. The molecule has 0 saturated carbocycles. The van der Waals surface area contributed by atoms with Crippen molar-refractivity contribution in [3.8, 4) is 10.6 Å². The molecule has 5 rings (SSSR count). The van der Waals surface area contributed by atoms with Crippen LogP contribution in [0.4, 0.5) is 0 Å². The van der Waals surface area contributed by atoms with Crippen molar-refractivity contribution < 1.29 is 4.74 Å². The summed E-state index contributed by atoms with van der Waals surface area (Å²) in [4.78, 5) is 12.6. The van der Waals surface area contributed by atoms with E-state index >= 15 is 0 Å². The van der Waals surface area contributed by atoms with Crippen LogP contribution in [0.3, 0.4) is 0 Å². The number of pyridine rings is 1. The molecule has 3 aromatic rings. The van der Waals surface area contributed by atoms with Crippen molar-refractivity contribution in [1.29, 1.82) is 0 Å². The van der Waals surface area contributed by atoms with Crippen LogP contribution in [0.25, 0.3) is 10.6 Å². The predicted octanol–water partition coefficient (Wildman–Crippen LogP) is 3.18. The van der Waals surface area contributed by atoms with Crippen LogP contribution in [0.15, 0.2) is 48.2 Å². The summed E-state index contributed by atoms with van der Waals surface area (Å²) in [7, 11) is 0. The Morgan fingerprint density at radius 1 is 1.20 bits per heavy atom. The smallest absolute Gasteiger partial charge is 0.135 e. The standard InChI is InChI=1S/C19H20N4OS/c1-3-15(9-20-6-1)11-22-7-5-19(13-22)14-23-16(17-4-2-8-25-17)10-21-18(23)12-24-19/h1-4,6,8-10H,5,7,11-14H2. The normalized spacial score (nSPS) is 23.2. The number of fused-ring (bicyclic) bond motifs is 1. The number of rotatable bonds is 3. The molecule has 3 aromatic heterocycles. The van der Waals surface area contributed by atoms with Gasteiger partial charge in [-0.25, -0.2) is 4.98 Å². The fourth-order valence-electron chi connectivity index (χ4n) is 3.94. The van der Waals surface area contributed by atoms with Crippen molar-refractivity contribution >= 4 is 11.3 Å². The van der Waals surface area contributed by atoms with Crippen molar-refractivity contribution in [2.45, 2.75) is 31.7 Å². The quantitative estimate of drug-likeness (QED) is 0.726. The van der Waals surface area contributed by atoms with E-state index in [-0.39, 0.29) is 5.60 Å². The Morgan fingerprint density at radius 3 is 3.04 bits per heavy atom. The molecule has 5 heterocycles. The van der Waals surface area contributed by atoms with E-state index in [1.54, 1.807) is 11.3 Å². The SMILES string of the molecule is c1cncc(CN2CCC3(C2)Cn2c(-c4cccs4)cnc2CO3)c1. The Bertz CT molecular complexity index is 861. The van der Waals surface area contributed by atoms with Gasteiger partial charge in [-0.2, -0.15) is 0 Å². The summed E-state index contributed by atoms with van der Waals surface area (Å²) < 4.78 is 8.68. The molecule has 6 heteroatoms. The number of thiophene rings is 1. The molecule has 1 unspecified atom stereocenters. The van der Waals surface area contributed by atoms with E-state index < -0.39 is 0 Å². The first-order chi connectivity index (χ1) is 12.3. The van der Waals surface area contributed by atoms with Crippen LogP contribution in [0.2, 0.25) is 0 Å². The predicted molar refractivity (Wildman–Crippen MR) is 97.2 cm³/mol. The van der Waals surface area contributed by atoms with Crippen LogP contribution in [0.5, 0.6) is 0 Å². The summed E-state index contributed by atoms with van der Waals surface area (Å²) in [6, 6.07) is 8.41. The first-order valence-corrected chi connectivity index (χ1v) is 9.53. The van der Waals surface area contributed by atoms with E-state index in [1.807, 2.05) is 24.7 Å². The van der Waals surface area contributed by atoms with Crippen LogP contribution in [-0.4, -0.2) is 38.1 Å². The number of ether oxygens (including phenoxy) is 1. The Kier molecular flexibility index (Phi) is 3.69. The van der Waals surface area contributed by atoms with Crippen LogP contribution >= 0.6 is 11.3 Å². The van der Waals surface area contributed by atoms with Gasteiger partial charge in [0.2, 0.25) is 0 Å². The van der Waals surface area contributed by atoms with E-state index in [2.05, 4.69) is 43.0 Å². The van der Waals surface area contributed by atoms with Gasteiger partial charge in [0.15, 0.2) is 0 Å². The Balaban J connectivity index is 1.36. The summed E-state index contributed by atoms with van der Waals surface area (Å²) in [6.07, 6.45) is 6.84. The molecular weight excluding hydrogens is 332 g/mol. The fourth-order valence-corrected chi connectivity index (χ4v) is 4.68. The van der Waals surface area contributed by atoms with E-state index in [4.69, 9.17) is 4.74 Å². The second kappa shape index (κ2) is 6.05. The van der Waals surface area contributed by atoms with Gasteiger partial charge in [0.1, 0.15) is 18.0 Å². The van der Waals surface area contributed by atoms with Gasteiger partial charge in [-0.1, -0.05) is 12.1 Å². The highest BCUT2D eigenvalue weighted by Crippen LogP contribution is 2.36. The maximum atomic E-state index is 6.31. The minimum absolute atomic E-state index is 0.0953. The number of hydrogen-bond acceptors (Lipinski definition) is 5. The number of nitrogens with zero attached hydrogens (tertiary/aromatic N) is 4. The maximum Gasteiger partial charge on any atom is 0.135 e. The maximum absolute atomic E-state index is 6.31. The molecule has 0 amide bonds. The van der Waals surface area contributed by atoms with Crippen LogP contribution in [0, 0.1) is 0 Å². The van der Waals surface area contributed by atoms with Crippen molar-refractivity contribution in [2.24, 2.45) is 0 Å². The summed E-state index contributed by atoms with van der Waals surface area (Å²) in [5, 5.41) is 2.12. The third-order valence-corrected chi connectivity index (χ3v) is 6.08. The van der Waals surface area contributed by atoms with Crippen molar-refractivity contribution in [2.75, 3.05) is 13.1 Å². The number of likely N-dealkylation sites (tertiary alicyclic amines) is 1. The zero-order valence-corrected chi connectivity index (χ0v) is 14.8. The second-order valence-corrected chi connectivity index (χ2v) is 7.86. The van der Waals surface area contributed by atoms with Gasteiger partial charge in [0, 0.05) is 32.0 Å². The molecular formula is C19H20N4OS. The number of aromatic nitrogens is 3. The fraction of sp³-hybridized carbons (Fsp3) is 0.368. The summed E-state index contributed by atoms with van der Waals surface area (Å²) in [5.41, 5.74) is 2.39. The van der Waals surface area contributed by atoms with E-state index in [0.29, 0.717) is 6.61 Å². The number of imidazole rings is 1. The first kappa shape index (κ1) is 15.3. The van der Waals surface area contributed by atoms with Crippen molar-refractivity contribution in [1.82, 2.24) is 19.4 Å². The minimum atomic E-state index is -0.0953. The topological polar surface area (TPSA) is 43.2 Å². The molecule has 2 aliphatic rings. The van der Waals surface area contributed by atoms with Crippen molar-refractivity contribution in [3.05, 3.63) is 59.6 Å². The van der Waals surface area contributed by atoms with Crippen molar-refractivity contribution in [3.63, 3.8) is 0 Å². The highest BCUT2D eigenvalue weighted by Gasteiger charge is 2.43. The van der Waals surface area contributed by atoms with Gasteiger partial charge in [0.05, 0.1) is 23.3 Å². The Morgan fingerprint density at radius 2 is 2.20 bits per heavy atom. The summed E-state index contributed by atoms with van der Waals surface area (Å²) in [6.45, 7) is 4.45. The average molecular weight is 352 g/mol. The molecule has 5 nitrogen and oxygen atoms in total. The van der Waals surface area contributed by atoms with Gasteiger partial charge in [-0.05, 0) is 29.5 Å².